The smallest absolute Gasteiger partial charge is 0.296 e. The molecule has 34 heavy (non-hydrogen) atoms. The average Bonchev–Trinajstić information content (AvgIpc) is 3.27. The summed E-state index contributed by atoms with van der Waals surface area (Å²) in [6.07, 6.45) is 6.52. The number of halogens is 2. The molecule has 1 aliphatic carbocycles. The van der Waals surface area contributed by atoms with Crippen molar-refractivity contribution in [3.63, 3.8) is 0 Å². The van der Waals surface area contributed by atoms with Crippen LogP contribution in [-0.4, -0.2) is 52.5 Å². The first-order valence-electron chi connectivity index (χ1n) is 10.6. The number of hydrogen-bond donors (Lipinski definition) is 1. The first kappa shape index (κ1) is 24.2. The molecular weight excluding hydrogens is 485 g/mol. The Morgan fingerprint density at radius 2 is 1.88 bits per heavy atom. The van der Waals surface area contributed by atoms with E-state index in [1.54, 1.807) is 20.1 Å². The number of hydrogen-bond acceptors (Lipinski definition) is 9. The highest BCUT2D eigenvalue weighted by atomic mass is 35.5. The lowest BCUT2D eigenvalue weighted by molar-refractivity contribution is 0.0325. The van der Waals surface area contributed by atoms with Crippen LogP contribution in [-0.2, 0) is 4.74 Å². The number of aromatic nitrogens is 4. The van der Waals surface area contributed by atoms with Gasteiger partial charge in [0.1, 0.15) is 11.9 Å². The lowest BCUT2D eigenvalue weighted by Crippen LogP contribution is -2.27. The van der Waals surface area contributed by atoms with Gasteiger partial charge in [0.05, 0.1) is 30.5 Å². The van der Waals surface area contributed by atoms with Gasteiger partial charge in [-0.3, -0.25) is 15.1 Å². The third-order valence-electron chi connectivity index (χ3n) is 5.57. The Labute approximate surface area is 204 Å². The molecule has 3 heterocycles. The van der Waals surface area contributed by atoms with Crippen molar-refractivity contribution in [3.05, 3.63) is 40.7 Å². The molecule has 0 spiro atoms. The third kappa shape index (κ3) is 5.26. The number of methoxy groups -OCH3 is 2. The van der Waals surface area contributed by atoms with Gasteiger partial charge < -0.3 is 14.2 Å². The van der Waals surface area contributed by atoms with Crippen molar-refractivity contribution < 1.29 is 23.4 Å². The topological polar surface area (TPSA) is 108 Å². The molecule has 1 N–H and O–H groups in total. The van der Waals surface area contributed by atoms with Crippen molar-refractivity contribution >= 4 is 34.0 Å². The number of rotatable bonds is 7. The molecule has 0 radical (unpaired) electrons. The quantitative estimate of drug-likeness (QED) is 0.459. The zero-order valence-electron chi connectivity index (χ0n) is 18.8. The minimum absolute atomic E-state index is 0.0195. The van der Waals surface area contributed by atoms with E-state index in [1.807, 2.05) is 0 Å². The highest BCUT2D eigenvalue weighted by molar-refractivity contribution is 7.17. The monoisotopic (exact) mass is 507 g/mol. The lowest BCUT2D eigenvalue weighted by Gasteiger charge is -2.26. The van der Waals surface area contributed by atoms with Crippen LogP contribution in [0.1, 0.15) is 41.7 Å². The highest BCUT2D eigenvalue weighted by Gasteiger charge is 2.25. The number of nitrogens with zero attached hydrogens (tertiary/aromatic N) is 4. The first-order chi connectivity index (χ1) is 16.4. The van der Waals surface area contributed by atoms with Gasteiger partial charge in [-0.1, -0.05) is 16.7 Å². The van der Waals surface area contributed by atoms with Gasteiger partial charge in [-0.2, -0.15) is 0 Å². The van der Waals surface area contributed by atoms with Crippen molar-refractivity contribution in [2.75, 3.05) is 19.5 Å². The molecule has 0 saturated heterocycles. The molecule has 1 saturated carbocycles. The molecule has 180 valence electrons. The van der Waals surface area contributed by atoms with E-state index in [0.29, 0.717) is 10.9 Å². The number of carbonyl (C=O) groups is 1. The average molecular weight is 508 g/mol. The van der Waals surface area contributed by atoms with E-state index in [1.165, 1.54) is 19.5 Å². The SMILES string of the molecule is COc1cnc(Cl)c(F)c1-c1cc(C)ncc1C(=O)Nc1nnc(OC2CCC(OC)CC2)s1. The van der Waals surface area contributed by atoms with E-state index < -0.39 is 11.7 Å². The summed E-state index contributed by atoms with van der Waals surface area (Å²) in [4.78, 5) is 21.1. The summed E-state index contributed by atoms with van der Waals surface area (Å²) in [7, 11) is 3.10. The van der Waals surface area contributed by atoms with E-state index in [2.05, 4.69) is 25.5 Å². The maximum atomic E-state index is 14.9. The van der Waals surface area contributed by atoms with E-state index >= 15 is 0 Å². The Morgan fingerprint density at radius 1 is 1.15 bits per heavy atom. The summed E-state index contributed by atoms with van der Waals surface area (Å²) in [5, 5.41) is 11.0. The van der Waals surface area contributed by atoms with Crippen LogP contribution in [0, 0.1) is 12.7 Å². The zero-order valence-corrected chi connectivity index (χ0v) is 20.4. The van der Waals surface area contributed by atoms with Gasteiger partial charge >= 0.3 is 0 Å². The minimum atomic E-state index is -0.796. The lowest BCUT2D eigenvalue weighted by atomic mass is 9.95. The fourth-order valence-electron chi connectivity index (χ4n) is 3.80. The van der Waals surface area contributed by atoms with E-state index in [-0.39, 0.29) is 44.9 Å². The predicted molar refractivity (Wildman–Crippen MR) is 125 cm³/mol. The Hall–Kier alpha value is -2.89. The second-order valence-corrected chi connectivity index (χ2v) is 9.06. The molecule has 0 atom stereocenters. The summed E-state index contributed by atoms with van der Waals surface area (Å²) in [6.45, 7) is 1.73. The molecule has 0 unspecified atom stereocenters. The van der Waals surface area contributed by atoms with Gasteiger partial charge in [-0.15, -0.1) is 5.10 Å². The summed E-state index contributed by atoms with van der Waals surface area (Å²) in [5.74, 6) is -1.20. The van der Waals surface area contributed by atoms with Crippen LogP contribution in [0.2, 0.25) is 5.15 Å². The molecule has 1 fully saturated rings. The molecule has 1 aliphatic rings. The molecule has 9 nitrogen and oxygen atoms in total. The van der Waals surface area contributed by atoms with Crippen molar-refractivity contribution in [1.29, 1.82) is 0 Å². The Balaban J connectivity index is 1.54. The van der Waals surface area contributed by atoms with Gasteiger partial charge in [0.2, 0.25) is 5.13 Å². The molecule has 0 aliphatic heterocycles. The fraction of sp³-hybridized carbons (Fsp3) is 0.409. The molecule has 0 bridgehead atoms. The van der Waals surface area contributed by atoms with Gasteiger partial charge in [-0.25, -0.2) is 9.37 Å². The molecule has 0 aromatic carbocycles. The third-order valence-corrected chi connectivity index (χ3v) is 6.56. The summed E-state index contributed by atoms with van der Waals surface area (Å²) in [5.41, 5.74) is 0.974. The van der Waals surface area contributed by atoms with Crippen molar-refractivity contribution in [3.8, 4) is 22.1 Å². The number of nitrogens with one attached hydrogen (secondary N) is 1. The number of pyridine rings is 2. The standard InChI is InChI=1S/C22H23ClFN5O4S/c1-11-8-14(17-16(32-3)10-26-19(23)18(17)24)15(9-25-11)20(30)27-21-28-29-22(34-21)33-13-6-4-12(31-2)5-7-13/h8-10,12-13H,4-7H2,1-3H3,(H,27,28,30). The predicted octanol–water partition coefficient (Wildman–Crippen LogP) is 4.69. The van der Waals surface area contributed by atoms with Crippen molar-refractivity contribution in [1.82, 2.24) is 20.2 Å². The normalized spacial score (nSPS) is 17.9. The number of ether oxygens (including phenoxy) is 3. The maximum absolute atomic E-state index is 14.9. The van der Waals surface area contributed by atoms with Gasteiger partial charge in [0, 0.05) is 24.6 Å². The largest absolute Gasteiger partial charge is 0.494 e. The maximum Gasteiger partial charge on any atom is 0.296 e. The first-order valence-corrected chi connectivity index (χ1v) is 11.8. The fourth-order valence-corrected chi connectivity index (χ4v) is 4.60. The second kappa shape index (κ2) is 10.6. The van der Waals surface area contributed by atoms with Crippen LogP contribution >= 0.6 is 22.9 Å². The summed E-state index contributed by atoms with van der Waals surface area (Å²) in [6, 6.07) is 1.58. The molecule has 1 amide bonds. The Bertz CT molecular complexity index is 1190. The second-order valence-electron chi connectivity index (χ2n) is 7.76. The van der Waals surface area contributed by atoms with Crippen molar-refractivity contribution in [2.24, 2.45) is 0 Å². The summed E-state index contributed by atoms with van der Waals surface area (Å²) >= 11 is 7.01. The van der Waals surface area contributed by atoms with Gasteiger partial charge in [-0.05, 0) is 50.0 Å². The van der Waals surface area contributed by atoms with E-state index in [0.717, 1.165) is 37.0 Å². The van der Waals surface area contributed by atoms with Crippen LogP contribution < -0.4 is 14.8 Å². The number of amides is 1. The number of aryl methyl sites for hydroxylation is 1. The van der Waals surface area contributed by atoms with E-state index in [4.69, 9.17) is 25.8 Å². The molecule has 3 aromatic rings. The molecule has 4 rings (SSSR count). The van der Waals surface area contributed by atoms with Crippen molar-refractivity contribution in [2.45, 2.75) is 44.8 Å². The van der Waals surface area contributed by atoms with E-state index in [9.17, 15) is 9.18 Å². The summed E-state index contributed by atoms with van der Waals surface area (Å²) < 4.78 is 31.5. The zero-order chi connectivity index (χ0) is 24.2. The highest BCUT2D eigenvalue weighted by Crippen LogP contribution is 2.37. The Morgan fingerprint density at radius 3 is 2.59 bits per heavy atom. The number of carbonyl (C=O) groups excluding carboxylic acids is 1. The van der Waals surface area contributed by atoms with Crippen LogP contribution in [0.25, 0.3) is 11.1 Å². The Kier molecular flexibility index (Phi) is 7.54. The van der Waals surface area contributed by atoms with Crippen LogP contribution in [0.3, 0.4) is 0 Å². The van der Waals surface area contributed by atoms with Crippen LogP contribution in [0.5, 0.6) is 10.9 Å². The molecular formula is C22H23ClFN5O4S. The van der Waals surface area contributed by atoms with Gasteiger partial charge in [0.15, 0.2) is 11.0 Å². The minimum Gasteiger partial charge on any atom is -0.494 e. The molecule has 3 aromatic heterocycles. The van der Waals surface area contributed by atoms with Crippen LogP contribution in [0.4, 0.5) is 9.52 Å². The molecule has 12 heteroatoms. The van der Waals surface area contributed by atoms with Gasteiger partial charge in [0.25, 0.3) is 11.1 Å². The van der Waals surface area contributed by atoms with Crippen LogP contribution in [0.15, 0.2) is 18.5 Å². The number of anilines is 1.